The van der Waals surface area contributed by atoms with Crippen LogP contribution in [0.15, 0.2) is 60.7 Å². The van der Waals surface area contributed by atoms with Gasteiger partial charge < -0.3 is 4.74 Å². The molecule has 1 unspecified atom stereocenters. The summed E-state index contributed by atoms with van der Waals surface area (Å²) in [7, 11) is 0. The smallest absolute Gasteiger partial charge is 0.275 e. The van der Waals surface area contributed by atoms with E-state index in [0.29, 0.717) is 19.5 Å². The summed E-state index contributed by atoms with van der Waals surface area (Å²) < 4.78 is 34.1. The quantitative estimate of drug-likeness (QED) is 0.747. The normalized spacial score (nSPS) is 18.8. The molecule has 3 rings (SSSR count). The standard InChI is InChI=1S/C20H23F2NO/c21-20(22,16-24-15-18-9-5-2-6-10-18)19-11-12-23(14-19)13-17-7-3-1-4-8-17/h1-10,19H,11-16H2. The summed E-state index contributed by atoms with van der Waals surface area (Å²) in [5.74, 6) is -3.41. The maximum atomic E-state index is 14.4. The molecule has 4 heteroatoms. The van der Waals surface area contributed by atoms with Crippen molar-refractivity contribution in [2.75, 3.05) is 19.7 Å². The van der Waals surface area contributed by atoms with Gasteiger partial charge in [0, 0.05) is 19.0 Å². The molecule has 0 aliphatic carbocycles. The highest BCUT2D eigenvalue weighted by atomic mass is 19.3. The monoisotopic (exact) mass is 331 g/mol. The maximum absolute atomic E-state index is 14.4. The minimum atomic E-state index is -2.78. The molecule has 0 radical (unpaired) electrons. The third-order valence-corrected chi connectivity index (χ3v) is 4.52. The first kappa shape index (κ1) is 17.1. The van der Waals surface area contributed by atoms with Gasteiger partial charge in [0.2, 0.25) is 0 Å². The molecule has 1 aliphatic heterocycles. The summed E-state index contributed by atoms with van der Waals surface area (Å²) in [5, 5.41) is 0. The van der Waals surface area contributed by atoms with Crippen molar-refractivity contribution < 1.29 is 13.5 Å². The molecule has 2 nitrogen and oxygen atoms in total. The van der Waals surface area contributed by atoms with E-state index in [4.69, 9.17) is 4.74 Å². The molecule has 0 aromatic heterocycles. The Morgan fingerprint density at radius 3 is 2.25 bits per heavy atom. The molecule has 1 aliphatic rings. The molecule has 1 fully saturated rings. The summed E-state index contributed by atoms with van der Waals surface area (Å²) >= 11 is 0. The van der Waals surface area contributed by atoms with Crippen LogP contribution in [-0.2, 0) is 17.9 Å². The fourth-order valence-corrected chi connectivity index (χ4v) is 3.16. The number of rotatable bonds is 7. The SMILES string of the molecule is FC(F)(COCc1ccccc1)C1CCN(Cc2ccccc2)C1. The number of hydrogen-bond acceptors (Lipinski definition) is 2. The number of alkyl halides is 2. The molecular weight excluding hydrogens is 308 g/mol. The van der Waals surface area contributed by atoms with Gasteiger partial charge in [-0.3, -0.25) is 4.90 Å². The Kier molecular flexibility index (Phi) is 5.59. The van der Waals surface area contributed by atoms with E-state index in [1.54, 1.807) is 0 Å². The first-order valence-corrected chi connectivity index (χ1v) is 8.39. The largest absolute Gasteiger partial charge is 0.371 e. The highest BCUT2D eigenvalue weighted by Gasteiger charge is 2.43. The zero-order valence-corrected chi connectivity index (χ0v) is 13.7. The molecule has 24 heavy (non-hydrogen) atoms. The van der Waals surface area contributed by atoms with Gasteiger partial charge in [-0.2, -0.15) is 0 Å². The van der Waals surface area contributed by atoms with E-state index in [0.717, 1.165) is 12.1 Å². The molecule has 128 valence electrons. The third kappa shape index (κ3) is 4.62. The van der Waals surface area contributed by atoms with Crippen LogP contribution in [0.2, 0.25) is 0 Å². The van der Waals surface area contributed by atoms with Gasteiger partial charge in [-0.25, -0.2) is 8.78 Å². The van der Waals surface area contributed by atoms with E-state index < -0.39 is 18.4 Å². The number of halogens is 2. The summed E-state index contributed by atoms with van der Waals surface area (Å²) in [4.78, 5) is 2.10. The Morgan fingerprint density at radius 2 is 1.58 bits per heavy atom. The first-order valence-electron chi connectivity index (χ1n) is 8.39. The number of ether oxygens (including phenoxy) is 1. The van der Waals surface area contributed by atoms with Crippen molar-refractivity contribution in [3.05, 3.63) is 71.8 Å². The lowest BCUT2D eigenvalue weighted by atomic mass is 10.0. The van der Waals surface area contributed by atoms with Crippen molar-refractivity contribution in [2.45, 2.75) is 25.5 Å². The molecule has 0 N–H and O–H groups in total. The summed E-state index contributed by atoms with van der Waals surface area (Å²) in [6, 6.07) is 19.4. The van der Waals surface area contributed by atoms with E-state index >= 15 is 0 Å². The zero-order chi connectivity index (χ0) is 16.8. The van der Waals surface area contributed by atoms with E-state index in [2.05, 4.69) is 4.90 Å². The van der Waals surface area contributed by atoms with Crippen molar-refractivity contribution in [2.24, 2.45) is 5.92 Å². The van der Waals surface area contributed by atoms with Crippen molar-refractivity contribution in [3.63, 3.8) is 0 Å². The molecule has 1 atom stereocenters. The fourth-order valence-electron chi connectivity index (χ4n) is 3.16. The molecule has 2 aromatic carbocycles. The van der Waals surface area contributed by atoms with E-state index in [1.165, 1.54) is 5.56 Å². The topological polar surface area (TPSA) is 12.5 Å². The van der Waals surface area contributed by atoms with Crippen LogP contribution in [0.1, 0.15) is 17.5 Å². The van der Waals surface area contributed by atoms with Gasteiger partial charge in [-0.15, -0.1) is 0 Å². The third-order valence-electron chi connectivity index (χ3n) is 4.52. The molecule has 0 spiro atoms. The van der Waals surface area contributed by atoms with Crippen LogP contribution in [0.3, 0.4) is 0 Å². The highest BCUT2D eigenvalue weighted by molar-refractivity contribution is 5.15. The molecule has 0 saturated carbocycles. The van der Waals surface area contributed by atoms with Gasteiger partial charge in [0.25, 0.3) is 5.92 Å². The zero-order valence-electron chi connectivity index (χ0n) is 13.7. The molecule has 0 amide bonds. The Morgan fingerprint density at radius 1 is 0.958 bits per heavy atom. The molecule has 2 aromatic rings. The van der Waals surface area contributed by atoms with Gasteiger partial charge in [0.15, 0.2) is 0 Å². The van der Waals surface area contributed by atoms with Gasteiger partial charge in [0.05, 0.1) is 6.61 Å². The van der Waals surface area contributed by atoms with Gasteiger partial charge in [-0.1, -0.05) is 60.7 Å². The second-order valence-corrected chi connectivity index (χ2v) is 6.45. The lowest BCUT2D eigenvalue weighted by Gasteiger charge is -2.24. The van der Waals surface area contributed by atoms with Crippen molar-refractivity contribution in [3.8, 4) is 0 Å². The van der Waals surface area contributed by atoms with Crippen LogP contribution < -0.4 is 0 Å². The molecule has 1 heterocycles. The summed E-state index contributed by atoms with van der Waals surface area (Å²) in [6.45, 7) is 1.60. The van der Waals surface area contributed by atoms with Gasteiger partial charge >= 0.3 is 0 Å². The number of likely N-dealkylation sites (tertiary alicyclic amines) is 1. The Bertz CT molecular complexity index is 618. The molecule has 1 saturated heterocycles. The van der Waals surface area contributed by atoms with Crippen molar-refractivity contribution in [1.82, 2.24) is 4.90 Å². The number of benzene rings is 2. The van der Waals surface area contributed by atoms with Crippen molar-refractivity contribution in [1.29, 1.82) is 0 Å². The second-order valence-electron chi connectivity index (χ2n) is 6.45. The number of hydrogen-bond donors (Lipinski definition) is 0. The van der Waals surface area contributed by atoms with Crippen molar-refractivity contribution >= 4 is 0 Å². The van der Waals surface area contributed by atoms with Crippen LogP contribution in [0, 0.1) is 5.92 Å². The number of nitrogens with zero attached hydrogens (tertiary/aromatic N) is 1. The van der Waals surface area contributed by atoms with Crippen LogP contribution in [0.5, 0.6) is 0 Å². The van der Waals surface area contributed by atoms with E-state index in [1.807, 2.05) is 60.7 Å². The minimum Gasteiger partial charge on any atom is -0.371 e. The Hall–Kier alpha value is -1.78. The molecular formula is C20H23F2NO. The van der Waals surface area contributed by atoms with Crippen LogP contribution in [-0.4, -0.2) is 30.5 Å². The van der Waals surface area contributed by atoms with Crippen LogP contribution in [0.25, 0.3) is 0 Å². The van der Waals surface area contributed by atoms with E-state index in [9.17, 15) is 8.78 Å². The summed E-state index contributed by atoms with van der Waals surface area (Å²) in [6.07, 6.45) is 0.522. The Balaban J connectivity index is 1.46. The molecule has 0 bridgehead atoms. The first-order chi connectivity index (χ1) is 11.6. The second kappa shape index (κ2) is 7.86. The predicted octanol–water partition coefficient (Wildman–Crippen LogP) is 4.36. The predicted molar refractivity (Wildman–Crippen MR) is 90.9 cm³/mol. The highest BCUT2D eigenvalue weighted by Crippen LogP contribution is 2.33. The minimum absolute atomic E-state index is 0.233. The average molecular weight is 331 g/mol. The lowest BCUT2D eigenvalue weighted by Crippen LogP contribution is -2.35. The Labute approximate surface area is 142 Å². The lowest BCUT2D eigenvalue weighted by molar-refractivity contribution is -0.118. The maximum Gasteiger partial charge on any atom is 0.275 e. The van der Waals surface area contributed by atoms with Crippen LogP contribution >= 0.6 is 0 Å². The van der Waals surface area contributed by atoms with Crippen LogP contribution in [0.4, 0.5) is 8.78 Å². The fraction of sp³-hybridized carbons (Fsp3) is 0.400. The van der Waals surface area contributed by atoms with Gasteiger partial charge in [0.1, 0.15) is 6.61 Å². The van der Waals surface area contributed by atoms with E-state index in [-0.39, 0.29) is 6.61 Å². The average Bonchev–Trinajstić information content (AvgIpc) is 3.06. The summed E-state index contributed by atoms with van der Waals surface area (Å²) in [5.41, 5.74) is 2.09. The van der Waals surface area contributed by atoms with Gasteiger partial charge in [-0.05, 0) is 24.1 Å².